The summed E-state index contributed by atoms with van der Waals surface area (Å²) in [5.41, 5.74) is 0.401. The number of non-ortho nitro benzene ring substituents is 1. The molecule has 1 heterocycles. The van der Waals surface area contributed by atoms with E-state index in [9.17, 15) is 14.9 Å². The van der Waals surface area contributed by atoms with E-state index in [1.165, 1.54) is 12.1 Å². The van der Waals surface area contributed by atoms with E-state index in [0.29, 0.717) is 13.1 Å². The highest BCUT2D eigenvalue weighted by atomic mass is 16.6. The molecule has 1 aromatic rings. The number of rotatable bonds is 4. The molecule has 0 saturated carbocycles. The largest absolute Gasteiger partial charge is 0.352 e. The SMILES string of the molecule is CC1(C(=O)NCc2cccc([N+](=O)[O-])c2)CCNC1. The van der Waals surface area contributed by atoms with Gasteiger partial charge in [0.25, 0.3) is 5.69 Å². The fourth-order valence-corrected chi connectivity index (χ4v) is 2.19. The Kier molecular flexibility index (Phi) is 3.80. The lowest BCUT2D eigenvalue weighted by Gasteiger charge is -2.21. The second kappa shape index (κ2) is 5.36. The maximum atomic E-state index is 12.1. The molecule has 1 saturated heterocycles. The average molecular weight is 263 g/mol. The van der Waals surface area contributed by atoms with E-state index in [-0.39, 0.29) is 17.0 Å². The standard InChI is InChI=1S/C13H17N3O3/c1-13(5-6-14-9-13)12(17)15-8-10-3-2-4-11(7-10)16(18)19/h2-4,7,14H,5-6,8-9H2,1H3,(H,15,17). The molecule has 1 aliphatic rings. The molecule has 19 heavy (non-hydrogen) atoms. The molecule has 0 bridgehead atoms. The zero-order valence-corrected chi connectivity index (χ0v) is 10.8. The van der Waals surface area contributed by atoms with Crippen LogP contribution in [-0.2, 0) is 11.3 Å². The van der Waals surface area contributed by atoms with Gasteiger partial charge >= 0.3 is 0 Å². The Bertz CT molecular complexity index is 496. The molecule has 0 radical (unpaired) electrons. The summed E-state index contributed by atoms with van der Waals surface area (Å²) in [5.74, 6) is -0.0102. The maximum absolute atomic E-state index is 12.1. The van der Waals surface area contributed by atoms with E-state index >= 15 is 0 Å². The van der Waals surface area contributed by atoms with Crippen molar-refractivity contribution in [3.63, 3.8) is 0 Å². The van der Waals surface area contributed by atoms with Gasteiger partial charge in [-0.05, 0) is 25.5 Å². The summed E-state index contributed by atoms with van der Waals surface area (Å²) in [6, 6.07) is 6.31. The maximum Gasteiger partial charge on any atom is 0.269 e. The van der Waals surface area contributed by atoms with Gasteiger partial charge in [0, 0.05) is 25.2 Å². The van der Waals surface area contributed by atoms with Crippen LogP contribution in [0.4, 0.5) is 5.69 Å². The normalized spacial score (nSPS) is 22.2. The van der Waals surface area contributed by atoms with Crippen LogP contribution in [0.15, 0.2) is 24.3 Å². The van der Waals surface area contributed by atoms with Crippen molar-refractivity contribution in [2.45, 2.75) is 19.9 Å². The van der Waals surface area contributed by atoms with Gasteiger partial charge in [-0.25, -0.2) is 0 Å². The lowest BCUT2D eigenvalue weighted by molar-refractivity contribution is -0.384. The van der Waals surface area contributed by atoms with E-state index in [0.717, 1.165) is 18.5 Å². The Labute approximate surface area is 111 Å². The number of carbonyl (C=O) groups excluding carboxylic acids is 1. The summed E-state index contributed by atoms with van der Waals surface area (Å²) in [4.78, 5) is 22.3. The highest BCUT2D eigenvalue weighted by Gasteiger charge is 2.35. The van der Waals surface area contributed by atoms with E-state index in [2.05, 4.69) is 10.6 Å². The third kappa shape index (κ3) is 3.08. The van der Waals surface area contributed by atoms with Gasteiger partial charge in [0.15, 0.2) is 0 Å². The van der Waals surface area contributed by atoms with Crippen molar-refractivity contribution in [3.8, 4) is 0 Å². The van der Waals surface area contributed by atoms with Crippen molar-refractivity contribution in [1.29, 1.82) is 0 Å². The zero-order chi connectivity index (χ0) is 13.9. The molecular formula is C13H17N3O3. The Balaban J connectivity index is 1.97. The van der Waals surface area contributed by atoms with Gasteiger partial charge in [0.05, 0.1) is 10.3 Å². The Hall–Kier alpha value is -1.95. The monoisotopic (exact) mass is 263 g/mol. The topological polar surface area (TPSA) is 84.3 Å². The number of nitro benzene ring substituents is 1. The summed E-state index contributed by atoms with van der Waals surface area (Å²) in [6.07, 6.45) is 0.813. The summed E-state index contributed by atoms with van der Waals surface area (Å²) in [5, 5.41) is 16.7. The fraction of sp³-hybridized carbons (Fsp3) is 0.462. The van der Waals surface area contributed by atoms with Crippen molar-refractivity contribution in [2.24, 2.45) is 5.41 Å². The highest BCUT2D eigenvalue weighted by molar-refractivity contribution is 5.82. The van der Waals surface area contributed by atoms with E-state index < -0.39 is 4.92 Å². The van der Waals surface area contributed by atoms with Crippen molar-refractivity contribution in [1.82, 2.24) is 10.6 Å². The van der Waals surface area contributed by atoms with E-state index in [1.54, 1.807) is 12.1 Å². The molecular weight excluding hydrogens is 246 g/mol. The lowest BCUT2D eigenvalue weighted by Crippen LogP contribution is -2.40. The zero-order valence-electron chi connectivity index (χ0n) is 10.8. The molecule has 1 fully saturated rings. The van der Waals surface area contributed by atoms with Gasteiger partial charge in [-0.3, -0.25) is 14.9 Å². The summed E-state index contributed by atoms with van der Waals surface area (Å²) < 4.78 is 0. The Morgan fingerprint density at radius 2 is 2.37 bits per heavy atom. The van der Waals surface area contributed by atoms with Crippen molar-refractivity contribution in [2.75, 3.05) is 13.1 Å². The van der Waals surface area contributed by atoms with Gasteiger partial charge in [0.2, 0.25) is 5.91 Å². The molecule has 1 amide bonds. The van der Waals surface area contributed by atoms with Crippen LogP contribution >= 0.6 is 0 Å². The van der Waals surface area contributed by atoms with Crippen LogP contribution in [0.5, 0.6) is 0 Å². The fourth-order valence-electron chi connectivity index (χ4n) is 2.19. The average Bonchev–Trinajstić information content (AvgIpc) is 2.84. The number of nitro groups is 1. The van der Waals surface area contributed by atoms with Crippen molar-refractivity contribution in [3.05, 3.63) is 39.9 Å². The first kappa shape index (κ1) is 13.5. The van der Waals surface area contributed by atoms with E-state index in [1.807, 2.05) is 6.92 Å². The third-order valence-electron chi connectivity index (χ3n) is 3.49. The first-order valence-corrected chi connectivity index (χ1v) is 6.24. The molecule has 0 aromatic heterocycles. The lowest BCUT2D eigenvalue weighted by atomic mass is 9.89. The van der Waals surface area contributed by atoms with Crippen LogP contribution in [0.25, 0.3) is 0 Å². The number of hydrogen-bond acceptors (Lipinski definition) is 4. The highest BCUT2D eigenvalue weighted by Crippen LogP contribution is 2.24. The number of amides is 1. The smallest absolute Gasteiger partial charge is 0.269 e. The summed E-state index contributed by atoms with van der Waals surface area (Å²) in [7, 11) is 0. The first-order valence-electron chi connectivity index (χ1n) is 6.24. The molecule has 1 aromatic carbocycles. The molecule has 2 N–H and O–H groups in total. The van der Waals surface area contributed by atoms with Gasteiger partial charge in [-0.2, -0.15) is 0 Å². The quantitative estimate of drug-likeness (QED) is 0.631. The molecule has 102 valence electrons. The van der Waals surface area contributed by atoms with Crippen LogP contribution in [0.3, 0.4) is 0 Å². The molecule has 6 nitrogen and oxygen atoms in total. The molecule has 0 aliphatic carbocycles. The number of nitrogens with zero attached hydrogens (tertiary/aromatic N) is 1. The number of hydrogen-bond donors (Lipinski definition) is 2. The van der Waals surface area contributed by atoms with Crippen molar-refractivity contribution >= 4 is 11.6 Å². The van der Waals surface area contributed by atoms with Crippen LogP contribution < -0.4 is 10.6 Å². The molecule has 2 rings (SSSR count). The second-order valence-corrected chi connectivity index (χ2v) is 5.10. The van der Waals surface area contributed by atoms with Gasteiger partial charge in [-0.15, -0.1) is 0 Å². The molecule has 0 spiro atoms. The second-order valence-electron chi connectivity index (χ2n) is 5.10. The minimum Gasteiger partial charge on any atom is -0.352 e. The molecule has 1 aliphatic heterocycles. The van der Waals surface area contributed by atoms with Gasteiger partial charge in [-0.1, -0.05) is 12.1 Å². The molecule has 1 unspecified atom stereocenters. The molecule has 1 atom stereocenters. The van der Waals surface area contributed by atoms with Crippen molar-refractivity contribution < 1.29 is 9.72 Å². The first-order chi connectivity index (χ1) is 9.01. The summed E-state index contributed by atoms with van der Waals surface area (Å²) in [6.45, 7) is 3.76. The van der Waals surface area contributed by atoms with Crippen LogP contribution in [0.1, 0.15) is 18.9 Å². The van der Waals surface area contributed by atoms with Crippen LogP contribution in [-0.4, -0.2) is 23.9 Å². The minimum atomic E-state index is -0.437. The summed E-state index contributed by atoms with van der Waals surface area (Å²) >= 11 is 0. The number of benzene rings is 1. The van der Waals surface area contributed by atoms with Crippen LogP contribution in [0.2, 0.25) is 0 Å². The predicted octanol–water partition coefficient (Wildman–Crippen LogP) is 1.21. The van der Waals surface area contributed by atoms with Crippen LogP contribution in [0, 0.1) is 15.5 Å². The number of nitrogens with one attached hydrogen (secondary N) is 2. The Morgan fingerprint density at radius 3 is 3.00 bits per heavy atom. The van der Waals surface area contributed by atoms with E-state index in [4.69, 9.17) is 0 Å². The molecule has 6 heteroatoms. The van der Waals surface area contributed by atoms with Gasteiger partial charge < -0.3 is 10.6 Å². The predicted molar refractivity (Wildman–Crippen MR) is 70.5 cm³/mol. The van der Waals surface area contributed by atoms with Gasteiger partial charge in [0.1, 0.15) is 0 Å². The third-order valence-corrected chi connectivity index (χ3v) is 3.49. The number of carbonyl (C=O) groups is 1. The minimum absolute atomic E-state index is 0.0102. The Morgan fingerprint density at radius 1 is 1.58 bits per heavy atom.